The Morgan fingerprint density at radius 2 is 1.69 bits per heavy atom. The predicted molar refractivity (Wildman–Crippen MR) is 104 cm³/mol. The lowest BCUT2D eigenvalue weighted by molar-refractivity contribution is -0.124. The molecule has 0 unspecified atom stereocenters. The number of ketones is 1. The number of Topliss-reactive ketones (excluding diaryl/α,β-unsaturated/α-hetero) is 1. The highest BCUT2D eigenvalue weighted by atomic mass is 16.5. The van der Waals surface area contributed by atoms with Gasteiger partial charge < -0.3 is 9.64 Å². The Kier molecular flexibility index (Phi) is 4.82. The number of hydrogen-bond acceptors (Lipinski definition) is 3. The molecule has 3 heteroatoms. The van der Waals surface area contributed by atoms with E-state index in [2.05, 4.69) is 11.0 Å². The van der Waals surface area contributed by atoms with Crippen molar-refractivity contribution < 1.29 is 9.53 Å². The number of ether oxygens (including phenoxy) is 1. The molecule has 1 aliphatic heterocycles. The van der Waals surface area contributed by atoms with Gasteiger partial charge in [0.15, 0.2) is 0 Å². The van der Waals surface area contributed by atoms with Gasteiger partial charge in [0, 0.05) is 12.1 Å². The summed E-state index contributed by atoms with van der Waals surface area (Å²) < 4.78 is 6.17. The van der Waals surface area contributed by atoms with E-state index in [9.17, 15) is 4.79 Å². The van der Waals surface area contributed by atoms with Crippen LogP contribution in [0.2, 0.25) is 0 Å². The number of carbonyl (C=O) groups excluding carboxylic acids is 1. The van der Waals surface area contributed by atoms with Crippen molar-refractivity contribution in [1.82, 2.24) is 4.90 Å². The lowest BCUT2D eigenvalue weighted by Gasteiger charge is -2.41. The van der Waals surface area contributed by atoms with Gasteiger partial charge in [-0.25, -0.2) is 0 Å². The molecule has 0 N–H and O–H groups in total. The number of nitrogens with zero attached hydrogens (tertiary/aromatic N) is 1. The van der Waals surface area contributed by atoms with Gasteiger partial charge in [-0.2, -0.15) is 0 Å². The third-order valence-electron chi connectivity index (χ3n) is 5.97. The molecule has 0 bridgehead atoms. The van der Waals surface area contributed by atoms with Crippen molar-refractivity contribution in [3.63, 3.8) is 0 Å². The van der Waals surface area contributed by atoms with E-state index in [1.165, 1.54) is 19.4 Å². The Labute approximate surface area is 156 Å². The fourth-order valence-electron chi connectivity index (χ4n) is 4.16. The molecule has 2 aromatic rings. The van der Waals surface area contributed by atoms with Crippen LogP contribution in [0.15, 0.2) is 54.6 Å². The molecule has 2 aromatic carbocycles. The molecule has 4 rings (SSSR count). The smallest absolute Gasteiger partial charge is 0.140 e. The zero-order valence-electron chi connectivity index (χ0n) is 15.5. The average molecular weight is 349 g/mol. The molecule has 0 atom stereocenters. The number of para-hydroxylation sites is 2. The van der Waals surface area contributed by atoms with Gasteiger partial charge in [0.05, 0.1) is 5.41 Å². The number of carbonyl (C=O) groups is 1. The lowest BCUT2D eigenvalue weighted by atomic mass is 9.69. The van der Waals surface area contributed by atoms with Crippen molar-refractivity contribution in [2.75, 3.05) is 19.6 Å². The van der Waals surface area contributed by atoms with Crippen LogP contribution in [-0.4, -0.2) is 30.3 Å². The molecule has 2 aliphatic rings. The summed E-state index contributed by atoms with van der Waals surface area (Å²) in [7, 11) is 0. The Balaban J connectivity index is 1.60. The Bertz CT molecular complexity index is 759. The number of piperidine rings is 1. The molecule has 1 aliphatic carbocycles. The maximum atomic E-state index is 12.8. The van der Waals surface area contributed by atoms with E-state index in [4.69, 9.17) is 4.74 Å². The Morgan fingerprint density at radius 3 is 2.35 bits per heavy atom. The number of benzene rings is 2. The fraction of sp³-hybridized carbons (Fsp3) is 0.435. The molecular formula is C23H27NO2. The molecule has 0 amide bonds. The SMILES string of the molecule is CC(=O)C1(c2ccccc2Oc2ccccc2)CCN(CC2CC2)CC1. The summed E-state index contributed by atoms with van der Waals surface area (Å²) in [5, 5.41) is 0. The van der Waals surface area contributed by atoms with Crippen LogP contribution in [0.3, 0.4) is 0 Å². The van der Waals surface area contributed by atoms with E-state index in [0.29, 0.717) is 0 Å². The van der Waals surface area contributed by atoms with E-state index in [1.54, 1.807) is 6.92 Å². The summed E-state index contributed by atoms with van der Waals surface area (Å²) in [6.07, 6.45) is 4.51. The number of likely N-dealkylation sites (tertiary alicyclic amines) is 1. The van der Waals surface area contributed by atoms with Crippen LogP contribution in [0.25, 0.3) is 0 Å². The van der Waals surface area contributed by atoms with Gasteiger partial charge in [-0.15, -0.1) is 0 Å². The maximum Gasteiger partial charge on any atom is 0.140 e. The van der Waals surface area contributed by atoms with Crippen LogP contribution >= 0.6 is 0 Å². The van der Waals surface area contributed by atoms with Gasteiger partial charge in [-0.3, -0.25) is 4.79 Å². The van der Waals surface area contributed by atoms with Crippen molar-refractivity contribution >= 4 is 5.78 Å². The van der Waals surface area contributed by atoms with Crippen LogP contribution in [0.1, 0.15) is 38.2 Å². The second kappa shape index (κ2) is 7.24. The van der Waals surface area contributed by atoms with Crippen LogP contribution in [0.5, 0.6) is 11.5 Å². The van der Waals surface area contributed by atoms with E-state index >= 15 is 0 Å². The van der Waals surface area contributed by atoms with E-state index in [-0.39, 0.29) is 5.78 Å². The van der Waals surface area contributed by atoms with Crippen LogP contribution in [-0.2, 0) is 10.2 Å². The molecule has 0 aromatic heterocycles. The first-order valence-corrected chi connectivity index (χ1v) is 9.73. The first-order chi connectivity index (χ1) is 12.7. The highest BCUT2D eigenvalue weighted by molar-refractivity contribution is 5.89. The van der Waals surface area contributed by atoms with E-state index in [1.807, 2.05) is 48.5 Å². The van der Waals surface area contributed by atoms with Crippen LogP contribution in [0.4, 0.5) is 0 Å². The molecule has 2 fully saturated rings. The van der Waals surface area contributed by atoms with E-state index < -0.39 is 5.41 Å². The minimum Gasteiger partial charge on any atom is -0.457 e. The van der Waals surface area contributed by atoms with Crippen molar-refractivity contribution in [2.24, 2.45) is 5.92 Å². The third kappa shape index (κ3) is 3.54. The summed E-state index contributed by atoms with van der Waals surface area (Å²) in [4.78, 5) is 15.3. The summed E-state index contributed by atoms with van der Waals surface area (Å²) in [5.41, 5.74) is 0.619. The highest BCUT2D eigenvalue weighted by Crippen LogP contribution is 2.43. The fourth-order valence-corrected chi connectivity index (χ4v) is 4.16. The van der Waals surface area contributed by atoms with Gasteiger partial charge in [0.2, 0.25) is 0 Å². The molecule has 136 valence electrons. The molecule has 1 saturated carbocycles. The molecular weight excluding hydrogens is 322 g/mol. The van der Waals surface area contributed by atoms with Crippen molar-refractivity contribution in [2.45, 2.75) is 38.0 Å². The normalized spacial score (nSPS) is 19.9. The molecule has 1 heterocycles. The first kappa shape index (κ1) is 17.3. The zero-order valence-corrected chi connectivity index (χ0v) is 15.5. The largest absolute Gasteiger partial charge is 0.457 e. The summed E-state index contributed by atoms with van der Waals surface area (Å²) >= 11 is 0. The second-order valence-corrected chi connectivity index (χ2v) is 7.79. The minimum absolute atomic E-state index is 0.257. The summed E-state index contributed by atoms with van der Waals surface area (Å²) in [6, 6.07) is 17.9. The molecule has 26 heavy (non-hydrogen) atoms. The van der Waals surface area contributed by atoms with Gasteiger partial charge in [-0.05, 0) is 69.8 Å². The highest BCUT2D eigenvalue weighted by Gasteiger charge is 2.43. The zero-order chi connectivity index (χ0) is 18.0. The lowest BCUT2D eigenvalue weighted by Crippen LogP contribution is -2.47. The molecule has 0 radical (unpaired) electrons. The predicted octanol–water partition coefficient (Wildman–Crippen LogP) is 4.81. The standard InChI is InChI=1S/C23H27NO2/c1-18(25)23(13-15-24(16-14-23)17-19-11-12-19)21-9-5-6-10-22(21)26-20-7-3-2-4-8-20/h2-10,19H,11-17H2,1H3. The van der Waals surface area contributed by atoms with Gasteiger partial charge >= 0.3 is 0 Å². The maximum absolute atomic E-state index is 12.8. The average Bonchev–Trinajstić information content (AvgIpc) is 3.48. The Hall–Kier alpha value is -2.13. The molecule has 3 nitrogen and oxygen atoms in total. The van der Waals surface area contributed by atoms with Gasteiger partial charge in [0.1, 0.15) is 17.3 Å². The topological polar surface area (TPSA) is 29.5 Å². The number of rotatable bonds is 6. The molecule has 0 spiro atoms. The third-order valence-corrected chi connectivity index (χ3v) is 5.97. The summed E-state index contributed by atoms with van der Waals surface area (Å²) in [5.74, 6) is 2.77. The quantitative estimate of drug-likeness (QED) is 0.749. The second-order valence-electron chi connectivity index (χ2n) is 7.79. The number of hydrogen-bond donors (Lipinski definition) is 0. The summed E-state index contributed by atoms with van der Waals surface area (Å²) in [6.45, 7) is 4.94. The van der Waals surface area contributed by atoms with E-state index in [0.717, 1.165) is 48.9 Å². The van der Waals surface area contributed by atoms with Crippen molar-refractivity contribution in [3.8, 4) is 11.5 Å². The monoisotopic (exact) mass is 349 g/mol. The van der Waals surface area contributed by atoms with Gasteiger partial charge in [-0.1, -0.05) is 36.4 Å². The molecule has 1 saturated heterocycles. The van der Waals surface area contributed by atoms with Crippen molar-refractivity contribution in [3.05, 3.63) is 60.2 Å². The van der Waals surface area contributed by atoms with Crippen molar-refractivity contribution in [1.29, 1.82) is 0 Å². The van der Waals surface area contributed by atoms with Crippen LogP contribution in [0, 0.1) is 5.92 Å². The first-order valence-electron chi connectivity index (χ1n) is 9.73. The Morgan fingerprint density at radius 1 is 1.04 bits per heavy atom. The minimum atomic E-state index is -0.425. The van der Waals surface area contributed by atoms with Crippen LogP contribution < -0.4 is 4.74 Å². The van der Waals surface area contributed by atoms with Gasteiger partial charge in [0.25, 0.3) is 0 Å².